The van der Waals surface area contributed by atoms with E-state index >= 15 is 0 Å². The number of aromatic nitrogens is 5. The van der Waals surface area contributed by atoms with E-state index in [1.54, 1.807) is 6.20 Å². The molecule has 1 aliphatic carbocycles. The van der Waals surface area contributed by atoms with Crippen LogP contribution in [0.25, 0.3) is 5.69 Å². The van der Waals surface area contributed by atoms with Crippen LogP contribution in [-0.4, -0.2) is 31.1 Å². The maximum absolute atomic E-state index is 6.36. The summed E-state index contributed by atoms with van der Waals surface area (Å²) in [6, 6.07) is 9.98. The predicted octanol–water partition coefficient (Wildman–Crippen LogP) is 5.33. The fraction of sp³-hybridized carbons (Fsp3) is 0.500. The van der Waals surface area contributed by atoms with Gasteiger partial charge in [0.15, 0.2) is 0 Å². The minimum absolute atomic E-state index is 0.179. The molecule has 1 atom stereocenters. The smallest absolute Gasteiger partial charge is 0.233 e. The van der Waals surface area contributed by atoms with Crippen molar-refractivity contribution in [2.75, 3.05) is 0 Å². The number of halogens is 1. The average Bonchev–Trinajstić information content (AvgIpc) is 3.22. The Balaban J connectivity index is 1.40. The molecular formula is C24H28ClN5O. The zero-order valence-electron chi connectivity index (χ0n) is 17.9. The first kappa shape index (κ1) is 20.4. The first-order valence-corrected chi connectivity index (χ1v) is 11.7. The van der Waals surface area contributed by atoms with Crippen LogP contribution in [0.1, 0.15) is 68.6 Å². The Hall–Kier alpha value is -2.47. The molecule has 1 saturated carbocycles. The van der Waals surface area contributed by atoms with Crippen LogP contribution in [-0.2, 0) is 12.8 Å². The highest BCUT2D eigenvalue weighted by atomic mass is 35.5. The number of ether oxygens (including phenoxy) is 1. The van der Waals surface area contributed by atoms with E-state index in [0.29, 0.717) is 17.7 Å². The monoisotopic (exact) mass is 437 g/mol. The SMILES string of the molecule is CC1CCc2cc(Cl)ccc2-n2c(nnc2C2CCC(Oc3cccnn3)CC2)CC1. The zero-order chi connectivity index (χ0) is 21.2. The van der Waals surface area contributed by atoms with E-state index < -0.39 is 0 Å². The average molecular weight is 438 g/mol. The molecule has 2 aliphatic rings. The molecule has 0 spiro atoms. The molecular weight excluding hydrogens is 410 g/mol. The van der Waals surface area contributed by atoms with Gasteiger partial charge in [0.25, 0.3) is 0 Å². The molecule has 0 amide bonds. The van der Waals surface area contributed by atoms with Crippen molar-refractivity contribution >= 4 is 11.6 Å². The van der Waals surface area contributed by atoms with E-state index in [-0.39, 0.29) is 6.10 Å². The predicted molar refractivity (Wildman–Crippen MR) is 120 cm³/mol. The second-order valence-corrected chi connectivity index (χ2v) is 9.36. The van der Waals surface area contributed by atoms with E-state index in [1.807, 2.05) is 18.2 Å². The van der Waals surface area contributed by atoms with Gasteiger partial charge in [0.05, 0.1) is 5.69 Å². The van der Waals surface area contributed by atoms with E-state index in [0.717, 1.165) is 61.6 Å². The second kappa shape index (κ2) is 8.95. The first-order valence-electron chi connectivity index (χ1n) is 11.3. The Kier molecular flexibility index (Phi) is 5.90. The van der Waals surface area contributed by atoms with Crippen LogP contribution in [0.15, 0.2) is 36.5 Å². The highest BCUT2D eigenvalue weighted by Gasteiger charge is 2.30. The van der Waals surface area contributed by atoms with E-state index in [2.05, 4.69) is 38.9 Å². The molecule has 0 bridgehead atoms. The van der Waals surface area contributed by atoms with Crippen LogP contribution >= 0.6 is 11.6 Å². The van der Waals surface area contributed by atoms with Crippen molar-refractivity contribution in [2.24, 2.45) is 5.92 Å². The van der Waals surface area contributed by atoms with Crippen molar-refractivity contribution < 1.29 is 4.74 Å². The molecule has 3 heterocycles. The van der Waals surface area contributed by atoms with Gasteiger partial charge in [-0.15, -0.1) is 15.3 Å². The van der Waals surface area contributed by atoms with Crippen LogP contribution in [0.2, 0.25) is 5.02 Å². The highest BCUT2D eigenvalue weighted by molar-refractivity contribution is 6.30. The molecule has 3 aromatic rings. The van der Waals surface area contributed by atoms with Crippen molar-refractivity contribution in [1.29, 1.82) is 0 Å². The summed E-state index contributed by atoms with van der Waals surface area (Å²) in [4.78, 5) is 0. The fourth-order valence-corrected chi connectivity index (χ4v) is 5.07. The molecule has 1 aromatic carbocycles. The number of rotatable bonds is 3. The van der Waals surface area contributed by atoms with Crippen LogP contribution in [0.3, 0.4) is 0 Å². The zero-order valence-corrected chi connectivity index (χ0v) is 18.6. The molecule has 1 aliphatic heterocycles. The molecule has 1 unspecified atom stereocenters. The van der Waals surface area contributed by atoms with Gasteiger partial charge >= 0.3 is 0 Å². The maximum Gasteiger partial charge on any atom is 0.233 e. The fourth-order valence-electron chi connectivity index (χ4n) is 4.87. The molecule has 0 N–H and O–H groups in total. The lowest BCUT2D eigenvalue weighted by Gasteiger charge is -2.28. The third-order valence-corrected chi connectivity index (χ3v) is 6.91. The summed E-state index contributed by atoms with van der Waals surface area (Å²) >= 11 is 6.36. The summed E-state index contributed by atoms with van der Waals surface area (Å²) in [5, 5.41) is 18.1. The van der Waals surface area contributed by atoms with Gasteiger partial charge in [0.1, 0.15) is 17.8 Å². The van der Waals surface area contributed by atoms with E-state index in [9.17, 15) is 0 Å². The summed E-state index contributed by atoms with van der Waals surface area (Å²) < 4.78 is 8.37. The third kappa shape index (κ3) is 4.45. The summed E-state index contributed by atoms with van der Waals surface area (Å²) in [6.45, 7) is 2.33. The third-order valence-electron chi connectivity index (χ3n) is 6.68. The number of fused-ring (bicyclic) bond motifs is 3. The van der Waals surface area contributed by atoms with Gasteiger partial charge in [0, 0.05) is 29.6 Å². The molecule has 1 fully saturated rings. The quantitative estimate of drug-likeness (QED) is 0.554. The van der Waals surface area contributed by atoms with Crippen LogP contribution < -0.4 is 4.74 Å². The maximum atomic E-state index is 6.36. The van der Waals surface area contributed by atoms with Crippen molar-refractivity contribution in [3.05, 3.63) is 58.8 Å². The highest BCUT2D eigenvalue weighted by Crippen LogP contribution is 2.36. The number of hydrogen-bond donors (Lipinski definition) is 0. The molecule has 7 heteroatoms. The van der Waals surface area contributed by atoms with Crippen molar-refractivity contribution in [3.8, 4) is 11.6 Å². The van der Waals surface area contributed by atoms with E-state index in [1.165, 1.54) is 17.7 Å². The topological polar surface area (TPSA) is 65.7 Å². The number of benzene rings is 1. The molecule has 162 valence electrons. The Morgan fingerprint density at radius 1 is 0.968 bits per heavy atom. The number of aryl methyl sites for hydroxylation is 2. The van der Waals surface area contributed by atoms with Crippen LogP contribution in [0.5, 0.6) is 5.88 Å². The normalized spacial score (nSPS) is 23.7. The number of hydrogen-bond acceptors (Lipinski definition) is 5. The molecule has 6 nitrogen and oxygen atoms in total. The summed E-state index contributed by atoms with van der Waals surface area (Å²) in [5.41, 5.74) is 2.50. The lowest BCUT2D eigenvalue weighted by molar-refractivity contribution is 0.137. The summed E-state index contributed by atoms with van der Waals surface area (Å²) in [7, 11) is 0. The second-order valence-electron chi connectivity index (χ2n) is 8.92. The van der Waals surface area contributed by atoms with E-state index in [4.69, 9.17) is 21.4 Å². The van der Waals surface area contributed by atoms with Crippen molar-refractivity contribution in [3.63, 3.8) is 0 Å². The Bertz CT molecular complexity index is 1030. The van der Waals surface area contributed by atoms with Crippen LogP contribution in [0.4, 0.5) is 0 Å². The van der Waals surface area contributed by atoms with Crippen molar-refractivity contribution in [1.82, 2.24) is 25.0 Å². The first-order chi connectivity index (χ1) is 15.2. The van der Waals surface area contributed by atoms with Gasteiger partial charge in [-0.1, -0.05) is 18.5 Å². The number of nitrogens with zero attached hydrogens (tertiary/aromatic N) is 5. The largest absolute Gasteiger partial charge is 0.473 e. The van der Waals surface area contributed by atoms with Gasteiger partial charge in [-0.2, -0.15) is 5.10 Å². The molecule has 2 aromatic heterocycles. The molecule has 31 heavy (non-hydrogen) atoms. The van der Waals surface area contributed by atoms with Gasteiger partial charge < -0.3 is 4.74 Å². The van der Waals surface area contributed by atoms with Gasteiger partial charge in [-0.3, -0.25) is 4.57 Å². The molecule has 0 radical (unpaired) electrons. The Morgan fingerprint density at radius 2 is 1.81 bits per heavy atom. The van der Waals surface area contributed by atoms with Crippen LogP contribution in [0, 0.1) is 5.92 Å². The van der Waals surface area contributed by atoms with Crippen molar-refractivity contribution in [2.45, 2.75) is 70.3 Å². The summed E-state index contributed by atoms with van der Waals surface area (Å²) in [6.07, 6.45) is 10.2. The van der Waals surface area contributed by atoms with Gasteiger partial charge in [0.2, 0.25) is 5.88 Å². The Labute approximate surface area is 188 Å². The lowest BCUT2D eigenvalue weighted by atomic mass is 9.86. The minimum atomic E-state index is 0.179. The molecule has 0 saturated heterocycles. The lowest BCUT2D eigenvalue weighted by Crippen LogP contribution is -2.25. The molecule has 5 rings (SSSR count). The van der Waals surface area contributed by atoms with Gasteiger partial charge in [-0.05, 0) is 80.7 Å². The van der Waals surface area contributed by atoms with Gasteiger partial charge in [-0.25, -0.2) is 0 Å². The minimum Gasteiger partial charge on any atom is -0.473 e. The summed E-state index contributed by atoms with van der Waals surface area (Å²) in [5.74, 6) is 3.81. The standard InChI is InChI=1S/C24H28ClN5O/c1-16-4-6-18-15-19(25)9-12-21(18)30-22(13-5-16)27-29-24(30)17-7-10-20(11-8-17)31-23-3-2-14-26-28-23/h2-3,9,12,14-17,20H,4-8,10-11,13H2,1H3. The Morgan fingerprint density at radius 3 is 2.61 bits per heavy atom.